The molecule has 2 rings (SSSR count). The van der Waals surface area contributed by atoms with Crippen LogP contribution in [0.25, 0.3) is 0 Å². The monoisotopic (exact) mass is 438 g/mol. The lowest BCUT2D eigenvalue weighted by atomic mass is 10.00. The zero-order valence-corrected chi connectivity index (χ0v) is 18.3. The molecule has 30 heavy (non-hydrogen) atoms. The Hall–Kier alpha value is -2.74. The van der Waals surface area contributed by atoms with Crippen LogP contribution in [0.5, 0.6) is 11.5 Å². The fourth-order valence-corrected chi connectivity index (χ4v) is 3.15. The van der Waals surface area contributed by atoms with Gasteiger partial charge in [-0.05, 0) is 42.9 Å². The van der Waals surface area contributed by atoms with Gasteiger partial charge in [0.15, 0.2) is 11.5 Å². The van der Waals surface area contributed by atoms with E-state index in [0.717, 1.165) is 48.1 Å². The maximum atomic E-state index is 10.6. The number of carboxylic acids is 1. The third-order valence-corrected chi connectivity index (χ3v) is 4.52. The molecule has 1 aromatic heterocycles. The van der Waals surface area contributed by atoms with Crippen molar-refractivity contribution in [2.24, 2.45) is 0 Å². The fraction of sp³-hybridized carbons (Fsp3) is 0.476. The number of aromatic nitrogens is 2. The highest BCUT2D eigenvalue weighted by Crippen LogP contribution is 2.35. The van der Waals surface area contributed by atoms with Gasteiger partial charge in [0.2, 0.25) is 5.95 Å². The second-order valence-corrected chi connectivity index (χ2v) is 6.90. The highest BCUT2D eigenvalue weighted by atomic mass is 35.5. The van der Waals surface area contributed by atoms with Gasteiger partial charge in [-0.2, -0.15) is 4.98 Å². The van der Waals surface area contributed by atoms with E-state index in [0.29, 0.717) is 31.0 Å². The van der Waals surface area contributed by atoms with Crippen molar-refractivity contribution < 1.29 is 19.4 Å². The lowest BCUT2D eigenvalue weighted by Crippen LogP contribution is -2.06. The van der Waals surface area contributed by atoms with E-state index in [1.807, 2.05) is 6.07 Å². The number of hydrogen-bond donors (Lipinski definition) is 3. The molecule has 0 aliphatic rings. The molecule has 0 radical (unpaired) electrons. The van der Waals surface area contributed by atoms with E-state index in [1.165, 1.54) is 0 Å². The molecule has 0 saturated carbocycles. The number of halogens is 1. The van der Waals surface area contributed by atoms with Crippen molar-refractivity contribution in [2.45, 2.75) is 51.9 Å². The van der Waals surface area contributed by atoms with Crippen LogP contribution in [0.2, 0.25) is 0 Å². The van der Waals surface area contributed by atoms with E-state index in [-0.39, 0.29) is 24.8 Å². The summed E-state index contributed by atoms with van der Waals surface area (Å²) < 4.78 is 11.6. The number of unbranched alkanes of at least 4 members (excludes halogenated alkanes) is 2. The van der Waals surface area contributed by atoms with E-state index in [2.05, 4.69) is 23.0 Å². The molecule has 2 aromatic rings. The number of benzene rings is 1. The molecule has 9 heteroatoms. The predicted octanol–water partition coefficient (Wildman–Crippen LogP) is 3.64. The zero-order chi connectivity index (χ0) is 21.2. The molecule has 166 valence electrons. The zero-order valence-electron chi connectivity index (χ0n) is 17.5. The third kappa shape index (κ3) is 7.59. The van der Waals surface area contributed by atoms with Crippen molar-refractivity contribution in [2.75, 3.05) is 25.2 Å². The summed E-state index contributed by atoms with van der Waals surface area (Å²) in [5, 5.41) is 8.71. The Kier molecular flexibility index (Phi) is 10.7. The van der Waals surface area contributed by atoms with Gasteiger partial charge in [0, 0.05) is 24.6 Å². The Bertz CT molecular complexity index is 833. The first-order valence-electron chi connectivity index (χ1n) is 9.85. The lowest BCUT2D eigenvalue weighted by Gasteiger charge is -2.17. The topological polar surface area (TPSA) is 134 Å². The molecule has 0 unspecified atom stereocenters. The summed E-state index contributed by atoms with van der Waals surface area (Å²) in [6.07, 6.45) is 6.45. The minimum atomic E-state index is -0.768. The van der Waals surface area contributed by atoms with Crippen LogP contribution in [-0.4, -0.2) is 34.8 Å². The van der Waals surface area contributed by atoms with Gasteiger partial charge in [-0.3, -0.25) is 4.79 Å². The summed E-state index contributed by atoms with van der Waals surface area (Å²) in [6, 6.07) is 4.04. The Morgan fingerprint density at radius 2 is 1.93 bits per heavy atom. The maximum absolute atomic E-state index is 10.6. The molecule has 0 fully saturated rings. The number of aliphatic carboxylic acids is 1. The number of methoxy groups -OCH3 is 1. The number of aryl methyl sites for hydroxylation is 1. The molecule has 0 aliphatic carbocycles. The van der Waals surface area contributed by atoms with Gasteiger partial charge < -0.3 is 26.0 Å². The first-order chi connectivity index (χ1) is 13.9. The van der Waals surface area contributed by atoms with Crippen LogP contribution in [-0.2, 0) is 17.6 Å². The predicted molar refractivity (Wildman–Crippen MR) is 119 cm³/mol. The van der Waals surface area contributed by atoms with Gasteiger partial charge in [-0.1, -0.05) is 19.4 Å². The fourth-order valence-electron chi connectivity index (χ4n) is 3.15. The molecule has 1 aromatic carbocycles. The Morgan fingerprint density at radius 3 is 2.57 bits per heavy atom. The molecular formula is C21H31ClN4O4. The quantitative estimate of drug-likeness (QED) is 0.427. The number of hydrogen-bond acceptors (Lipinski definition) is 7. The van der Waals surface area contributed by atoms with E-state index >= 15 is 0 Å². The normalized spacial score (nSPS) is 10.3. The molecule has 1 heterocycles. The van der Waals surface area contributed by atoms with Crippen LogP contribution in [0.15, 0.2) is 18.3 Å². The SMILES string of the molecule is CCCc1cc(Cc2cnc(N)nc2N)cc(OCCCCCC(=O)O)c1OC.Cl. The van der Waals surface area contributed by atoms with Gasteiger partial charge in [0.1, 0.15) is 5.82 Å². The number of nitrogens with zero attached hydrogens (tertiary/aromatic N) is 2. The van der Waals surface area contributed by atoms with Crippen LogP contribution in [0.1, 0.15) is 55.7 Å². The summed E-state index contributed by atoms with van der Waals surface area (Å²) in [4.78, 5) is 18.6. The summed E-state index contributed by atoms with van der Waals surface area (Å²) in [5.41, 5.74) is 14.5. The molecule has 0 atom stereocenters. The van der Waals surface area contributed by atoms with E-state index in [1.54, 1.807) is 13.3 Å². The highest BCUT2D eigenvalue weighted by molar-refractivity contribution is 5.85. The number of carbonyl (C=O) groups is 1. The van der Waals surface area contributed by atoms with Crippen molar-refractivity contribution in [3.8, 4) is 11.5 Å². The molecule has 0 aliphatic heterocycles. The van der Waals surface area contributed by atoms with Crippen molar-refractivity contribution >= 4 is 30.1 Å². The van der Waals surface area contributed by atoms with Crippen LogP contribution >= 0.6 is 12.4 Å². The summed E-state index contributed by atoms with van der Waals surface area (Å²) in [7, 11) is 1.64. The van der Waals surface area contributed by atoms with Crippen molar-refractivity contribution in [1.82, 2.24) is 9.97 Å². The highest BCUT2D eigenvalue weighted by Gasteiger charge is 2.14. The Morgan fingerprint density at radius 1 is 1.17 bits per heavy atom. The van der Waals surface area contributed by atoms with Gasteiger partial charge >= 0.3 is 5.97 Å². The Labute approximate surface area is 183 Å². The number of rotatable bonds is 12. The molecule has 0 spiro atoms. The smallest absolute Gasteiger partial charge is 0.303 e. The van der Waals surface area contributed by atoms with Gasteiger partial charge in [-0.25, -0.2) is 4.98 Å². The average Bonchev–Trinajstić information content (AvgIpc) is 2.67. The maximum Gasteiger partial charge on any atom is 0.303 e. The largest absolute Gasteiger partial charge is 0.493 e. The van der Waals surface area contributed by atoms with Gasteiger partial charge in [0.05, 0.1) is 13.7 Å². The minimum Gasteiger partial charge on any atom is -0.493 e. The number of ether oxygens (including phenoxy) is 2. The summed E-state index contributed by atoms with van der Waals surface area (Å²) in [6.45, 7) is 2.61. The van der Waals surface area contributed by atoms with Crippen molar-refractivity contribution in [1.29, 1.82) is 0 Å². The third-order valence-electron chi connectivity index (χ3n) is 4.52. The van der Waals surface area contributed by atoms with Gasteiger partial charge in [-0.15, -0.1) is 12.4 Å². The Balaban J connectivity index is 0.00000450. The molecule has 8 nitrogen and oxygen atoms in total. The van der Waals surface area contributed by atoms with Crippen LogP contribution < -0.4 is 20.9 Å². The number of anilines is 2. The summed E-state index contributed by atoms with van der Waals surface area (Å²) in [5.74, 6) is 1.17. The van der Waals surface area contributed by atoms with Crippen LogP contribution in [0, 0.1) is 0 Å². The second kappa shape index (κ2) is 12.7. The number of nitrogens with two attached hydrogens (primary N) is 2. The van der Waals surface area contributed by atoms with Gasteiger partial charge in [0.25, 0.3) is 0 Å². The molecule has 0 saturated heterocycles. The van der Waals surface area contributed by atoms with Crippen LogP contribution in [0.3, 0.4) is 0 Å². The molecular weight excluding hydrogens is 408 g/mol. The minimum absolute atomic E-state index is 0. The second-order valence-electron chi connectivity index (χ2n) is 6.90. The first-order valence-corrected chi connectivity index (χ1v) is 9.85. The lowest BCUT2D eigenvalue weighted by molar-refractivity contribution is -0.137. The van der Waals surface area contributed by atoms with E-state index < -0.39 is 5.97 Å². The summed E-state index contributed by atoms with van der Waals surface area (Å²) >= 11 is 0. The van der Waals surface area contributed by atoms with Crippen LogP contribution in [0.4, 0.5) is 11.8 Å². The number of nitrogen functional groups attached to an aromatic ring is 2. The molecule has 0 bridgehead atoms. The number of carboxylic acid groups (broad SMARTS) is 1. The standard InChI is InChI=1S/C21H30N4O4.ClH/c1-3-7-15-10-14(11-16-13-24-21(23)25-20(16)22)12-17(19(15)28-2)29-9-6-4-5-8-18(26)27;/h10,12-13H,3-9,11H2,1-2H3,(H,26,27)(H4,22,23,24,25);1H. The van der Waals surface area contributed by atoms with Crippen molar-refractivity contribution in [3.63, 3.8) is 0 Å². The first kappa shape index (κ1) is 25.3. The molecule has 0 amide bonds. The average molecular weight is 439 g/mol. The van der Waals surface area contributed by atoms with Crippen molar-refractivity contribution in [3.05, 3.63) is 35.0 Å². The molecule has 5 N–H and O–H groups in total. The van der Waals surface area contributed by atoms with E-state index in [4.69, 9.17) is 26.0 Å². The van der Waals surface area contributed by atoms with E-state index in [9.17, 15) is 4.79 Å².